The highest BCUT2D eigenvalue weighted by Crippen LogP contribution is 2.21. The molecule has 7 heteroatoms. The number of carbonyl (C=O) groups excluding carboxylic acids is 1. The van der Waals surface area contributed by atoms with E-state index in [1.165, 1.54) is 0 Å². The van der Waals surface area contributed by atoms with Crippen molar-refractivity contribution >= 4 is 22.6 Å². The van der Waals surface area contributed by atoms with Gasteiger partial charge in [-0.1, -0.05) is 24.3 Å². The zero-order valence-electron chi connectivity index (χ0n) is 16.6. The van der Waals surface area contributed by atoms with E-state index in [-0.39, 0.29) is 5.91 Å². The molecule has 0 spiro atoms. The third-order valence-corrected chi connectivity index (χ3v) is 4.53. The van der Waals surface area contributed by atoms with Gasteiger partial charge in [0, 0.05) is 6.61 Å². The number of benzene rings is 2. The van der Waals surface area contributed by atoms with E-state index in [0.717, 1.165) is 16.9 Å². The fraction of sp³-hybridized carbons (Fsp3) is 0.174. The number of para-hydroxylation sites is 3. The molecule has 0 bridgehead atoms. The Balaban J connectivity index is 1.47. The lowest BCUT2D eigenvalue weighted by Gasteiger charge is -2.12. The summed E-state index contributed by atoms with van der Waals surface area (Å²) in [5, 5.41) is 2.87. The number of nitrogens with one attached hydrogen (secondary N) is 1. The number of hydrogen-bond donors (Lipinski definition) is 1. The zero-order chi connectivity index (χ0) is 20.8. The molecule has 0 aliphatic carbocycles. The maximum Gasteiger partial charge on any atom is 0.259 e. The Bertz CT molecular complexity index is 1140. The number of nitrogens with zero attached hydrogens (tertiary/aromatic N) is 3. The number of pyridine rings is 1. The van der Waals surface area contributed by atoms with Crippen molar-refractivity contribution in [3.63, 3.8) is 0 Å². The molecule has 4 rings (SSSR count). The molecular formula is C23H22N4O3. The molecule has 0 fully saturated rings. The van der Waals surface area contributed by atoms with Gasteiger partial charge in [0.15, 0.2) is 0 Å². The first-order valence-corrected chi connectivity index (χ1v) is 9.75. The van der Waals surface area contributed by atoms with Gasteiger partial charge in [0.05, 0.1) is 35.1 Å². The molecule has 4 aromatic rings. The van der Waals surface area contributed by atoms with Crippen LogP contribution in [0.4, 0.5) is 5.69 Å². The van der Waals surface area contributed by atoms with Gasteiger partial charge in [-0.15, -0.1) is 0 Å². The van der Waals surface area contributed by atoms with Crippen LogP contribution in [-0.2, 0) is 4.74 Å². The molecule has 0 saturated carbocycles. The summed E-state index contributed by atoms with van der Waals surface area (Å²) in [5.74, 6) is 0.982. The fourth-order valence-electron chi connectivity index (χ4n) is 3.08. The molecule has 0 radical (unpaired) electrons. The van der Waals surface area contributed by atoms with E-state index in [1.54, 1.807) is 30.7 Å². The molecule has 30 heavy (non-hydrogen) atoms. The molecule has 2 aromatic heterocycles. The van der Waals surface area contributed by atoms with Crippen LogP contribution in [-0.4, -0.2) is 40.3 Å². The van der Waals surface area contributed by atoms with Crippen molar-refractivity contribution in [2.24, 2.45) is 0 Å². The number of aromatic nitrogens is 3. The van der Waals surface area contributed by atoms with Gasteiger partial charge in [-0.05, 0) is 43.3 Å². The monoisotopic (exact) mass is 402 g/mol. The molecule has 1 N–H and O–H groups in total. The summed E-state index contributed by atoms with van der Waals surface area (Å²) >= 11 is 0. The lowest BCUT2D eigenvalue weighted by Crippen LogP contribution is -2.15. The van der Waals surface area contributed by atoms with Crippen LogP contribution in [0.15, 0.2) is 73.2 Å². The smallest absolute Gasteiger partial charge is 0.259 e. The van der Waals surface area contributed by atoms with Gasteiger partial charge < -0.3 is 14.8 Å². The maximum absolute atomic E-state index is 12.7. The van der Waals surface area contributed by atoms with Crippen molar-refractivity contribution in [3.05, 3.63) is 78.8 Å². The Morgan fingerprint density at radius 1 is 1.00 bits per heavy atom. The van der Waals surface area contributed by atoms with E-state index in [1.807, 2.05) is 54.0 Å². The van der Waals surface area contributed by atoms with E-state index >= 15 is 0 Å². The fourth-order valence-corrected chi connectivity index (χ4v) is 3.08. The highest BCUT2D eigenvalue weighted by Gasteiger charge is 2.13. The summed E-state index contributed by atoms with van der Waals surface area (Å²) in [6.07, 6.45) is 3.36. The van der Waals surface area contributed by atoms with Crippen LogP contribution >= 0.6 is 0 Å². The summed E-state index contributed by atoms with van der Waals surface area (Å²) < 4.78 is 12.9. The first-order chi connectivity index (χ1) is 14.8. The predicted octanol–water partition coefficient (Wildman–Crippen LogP) is 4.09. The van der Waals surface area contributed by atoms with E-state index in [9.17, 15) is 4.79 Å². The average Bonchev–Trinajstić information content (AvgIpc) is 3.22. The van der Waals surface area contributed by atoms with Crippen molar-refractivity contribution in [3.8, 4) is 11.6 Å². The Hall–Kier alpha value is -3.71. The molecule has 0 saturated heterocycles. The van der Waals surface area contributed by atoms with Crippen LogP contribution in [0.3, 0.4) is 0 Å². The molecule has 0 aliphatic heterocycles. The van der Waals surface area contributed by atoms with Gasteiger partial charge in [0.1, 0.15) is 24.5 Å². The van der Waals surface area contributed by atoms with Crippen LogP contribution in [0.1, 0.15) is 17.3 Å². The van der Waals surface area contributed by atoms with Crippen molar-refractivity contribution in [2.45, 2.75) is 6.92 Å². The summed E-state index contributed by atoms with van der Waals surface area (Å²) in [6.45, 7) is 3.41. The average molecular weight is 402 g/mol. The molecule has 0 unspecified atom stereocenters. The minimum atomic E-state index is -0.260. The van der Waals surface area contributed by atoms with Gasteiger partial charge in [-0.2, -0.15) is 0 Å². The van der Waals surface area contributed by atoms with E-state index in [4.69, 9.17) is 9.47 Å². The predicted molar refractivity (Wildman–Crippen MR) is 115 cm³/mol. The second-order valence-electron chi connectivity index (χ2n) is 6.50. The van der Waals surface area contributed by atoms with Crippen LogP contribution < -0.4 is 10.1 Å². The van der Waals surface area contributed by atoms with Gasteiger partial charge in [-0.25, -0.2) is 9.97 Å². The number of hydrogen-bond acceptors (Lipinski definition) is 5. The molecule has 7 nitrogen and oxygen atoms in total. The lowest BCUT2D eigenvalue weighted by atomic mass is 10.2. The molecule has 152 valence electrons. The summed E-state index contributed by atoms with van der Waals surface area (Å²) in [6, 6.07) is 18.6. The number of ether oxygens (including phenoxy) is 2. The van der Waals surface area contributed by atoms with Gasteiger partial charge >= 0.3 is 0 Å². The minimum Gasteiger partial charge on any atom is -0.490 e. The topological polar surface area (TPSA) is 78.3 Å². The highest BCUT2D eigenvalue weighted by molar-refractivity contribution is 6.06. The number of anilines is 1. The summed E-state index contributed by atoms with van der Waals surface area (Å²) in [4.78, 5) is 21.6. The first-order valence-electron chi connectivity index (χ1n) is 9.75. The van der Waals surface area contributed by atoms with Crippen molar-refractivity contribution in [1.82, 2.24) is 14.5 Å². The van der Waals surface area contributed by atoms with Crippen LogP contribution in [0.25, 0.3) is 16.9 Å². The van der Waals surface area contributed by atoms with Gasteiger partial charge in [0.2, 0.25) is 0 Å². The van der Waals surface area contributed by atoms with E-state index in [0.29, 0.717) is 36.8 Å². The normalized spacial score (nSPS) is 10.8. The van der Waals surface area contributed by atoms with E-state index in [2.05, 4.69) is 15.3 Å². The summed E-state index contributed by atoms with van der Waals surface area (Å²) in [7, 11) is 0. The Morgan fingerprint density at radius 2 is 1.83 bits per heavy atom. The highest BCUT2D eigenvalue weighted by atomic mass is 16.5. The van der Waals surface area contributed by atoms with Crippen molar-refractivity contribution in [1.29, 1.82) is 0 Å². The SMILES string of the molecule is CCOCCOc1ccccc1C(=O)Nc1ccc(-n2cnc3ccccc32)nc1. The quantitative estimate of drug-likeness (QED) is 0.449. The number of fused-ring (bicyclic) bond motifs is 1. The lowest BCUT2D eigenvalue weighted by molar-refractivity contribution is 0.0998. The largest absolute Gasteiger partial charge is 0.490 e. The molecule has 2 heterocycles. The second kappa shape index (κ2) is 9.19. The molecule has 0 aliphatic rings. The molecule has 0 atom stereocenters. The zero-order valence-corrected chi connectivity index (χ0v) is 16.6. The molecule has 1 amide bonds. The molecular weight excluding hydrogens is 380 g/mol. The van der Waals surface area contributed by atoms with E-state index < -0.39 is 0 Å². The van der Waals surface area contributed by atoms with Gasteiger partial charge in [-0.3, -0.25) is 9.36 Å². The third kappa shape index (κ3) is 4.31. The maximum atomic E-state index is 12.7. The number of imidazole rings is 1. The Morgan fingerprint density at radius 3 is 2.67 bits per heavy atom. The number of rotatable bonds is 8. The van der Waals surface area contributed by atoms with Crippen molar-refractivity contribution in [2.75, 3.05) is 25.1 Å². The third-order valence-electron chi connectivity index (χ3n) is 4.53. The van der Waals surface area contributed by atoms with Crippen LogP contribution in [0, 0.1) is 0 Å². The Kier molecular flexibility index (Phi) is 6.01. The first kappa shape index (κ1) is 19.6. The number of amides is 1. The van der Waals surface area contributed by atoms with Crippen LogP contribution in [0.2, 0.25) is 0 Å². The standard InChI is InChI=1S/C23H22N4O3/c1-2-29-13-14-30-21-10-6-3-7-18(21)23(28)26-17-11-12-22(24-15-17)27-16-25-19-8-4-5-9-20(19)27/h3-12,15-16H,2,13-14H2,1H3,(H,26,28). The van der Waals surface area contributed by atoms with Crippen LogP contribution in [0.5, 0.6) is 5.75 Å². The summed E-state index contributed by atoms with van der Waals surface area (Å²) in [5.41, 5.74) is 2.92. The second-order valence-corrected chi connectivity index (χ2v) is 6.50. The minimum absolute atomic E-state index is 0.260. The number of carbonyl (C=O) groups is 1. The molecule has 2 aromatic carbocycles. The van der Waals surface area contributed by atoms with Crippen molar-refractivity contribution < 1.29 is 14.3 Å². The van der Waals surface area contributed by atoms with Gasteiger partial charge in [0.25, 0.3) is 5.91 Å². The Labute approximate surface area is 174 Å².